The van der Waals surface area contributed by atoms with Gasteiger partial charge in [-0.2, -0.15) is 0 Å². The number of hydrogen-bond donors (Lipinski definition) is 0. The fourth-order valence-corrected chi connectivity index (χ4v) is 8.04. The Balaban J connectivity index is 2.56. The molecule has 18 heteroatoms. The van der Waals surface area contributed by atoms with Crippen molar-refractivity contribution in [3.63, 3.8) is 0 Å². The maximum absolute atomic E-state index is 14.1. The van der Waals surface area contributed by atoms with Crippen LogP contribution in [0.1, 0.15) is 27.7 Å². The van der Waals surface area contributed by atoms with Gasteiger partial charge in [0.25, 0.3) is 0 Å². The second-order valence-electron chi connectivity index (χ2n) is 8.89. The molecule has 2 aliphatic rings. The Kier molecular flexibility index (Phi) is 5.89. The Morgan fingerprint density at radius 2 is 0.861 bits per heavy atom. The molecule has 2 fully saturated rings. The molecule has 1 spiro atoms. The van der Waals surface area contributed by atoms with E-state index in [1.807, 2.05) is 0 Å². The van der Waals surface area contributed by atoms with Crippen LogP contribution < -0.4 is 4.52 Å². The van der Waals surface area contributed by atoms with E-state index < -0.39 is 60.6 Å². The molecule has 36 heavy (non-hydrogen) atoms. The Labute approximate surface area is 194 Å². The first-order valence-electron chi connectivity index (χ1n) is 9.61. The number of alkyl halides is 12. The van der Waals surface area contributed by atoms with E-state index in [9.17, 15) is 52.7 Å². The van der Waals surface area contributed by atoms with Crippen LogP contribution in [-0.2, 0) is 18.1 Å². The van der Waals surface area contributed by atoms with Gasteiger partial charge in [-0.05, 0) is 0 Å². The zero-order chi connectivity index (χ0) is 28.1. The summed E-state index contributed by atoms with van der Waals surface area (Å²) < 4.78 is 192. The summed E-state index contributed by atoms with van der Waals surface area (Å²) >= 11 is 0. The molecule has 0 radical (unpaired) electrons. The third-order valence-electron chi connectivity index (χ3n) is 5.87. The van der Waals surface area contributed by atoms with Crippen molar-refractivity contribution in [1.82, 2.24) is 0 Å². The number of para-hydroxylation sites is 1. The van der Waals surface area contributed by atoms with Gasteiger partial charge in [0.15, 0.2) is 0 Å². The molecule has 3 rings (SSSR count). The summed E-state index contributed by atoms with van der Waals surface area (Å²) in [6.45, 7) is 3.61. The SMILES string of the molecule is CC1(C)OP2(Oc3ccccc3)(OC1(C)C)OC(C(F)(F)F)(C(F)(F)F)C(C(F)(F)F)(C(F)(F)F)O2. The fourth-order valence-electron chi connectivity index (χ4n) is 3.71. The molecule has 0 aromatic heterocycles. The average Bonchev–Trinajstić information content (AvgIpc) is 2.98. The number of benzene rings is 1. The van der Waals surface area contributed by atoms with Crippen molar-refractivity contribution in [1.29, 1.82) is 0 Å². The predicted octanol–water partition coefficient (Wildman–Crippen LogP) is 7.57. The minimum atomic E-state index is -7.64. The summed E-state index contributed by atoms with van der Waals surface area (Å²) in [6, 6.07) is 4.90. The molecule has 208 valence electrons. The van der Waals surface area contributed by atoms with Crippen molar-refractivity contribution >= 4 is 7.74 Å². The van der Waals surface area contributed by atoms with E-state index in [-0.39, 0.29) is 0 Å². The van der Waals surface area contributed by atoms with Gasteiger partial charge < -0.3 is 0 Å². The number of rotatable bonds is 2. The molecule has 2 saturated heterocycles. The molecule has 1 aromatic rings. The Hall–Kier alpha value is -1.55. The van der Waals surface area contributed by atoms with Gasteiger partial charge in [0.1, 0.15) is 0 Å². The van der Waals surface area contributed by atoms with Gasteiger partial charge in [0.05, 0.1) is 0 Å². The van der Waals surface area contributed by atoms with Crippen molar-refractivity contribution in [2.75, 3.05) is 0 Å². The van der Waals surface area contributed by atoms with E-state index >= 15 is 0 Å². The monoisotopic (exact) mass is 572 g/mol. The first kappa shape index (κ1) is 29.0. The standard InChI is InChI=1S/C18H17F12O5P/c1-11(2)12(3,4)33-36(32-11,31-10-8-6-5-7-9-10)34-13(15(19,20)21,16(22,23)24)14(35-36,17(25,26)27)18(28,29)30/h5-9H,1-4H3. The molecule has 0 amide bonds. The second-order valence-corrected chi connectivity index (χ2v) is 11.3. The molecule has 5 nitrogen and oxygen atoms in total. The van der Waals surface area contributed by atoms with Crippen LogP contribution in [0.25, 0.3) is 0 Å². The molecular weight excluding hydrogens is 555 g/mol. The molecule has 0 N–H and O–H groups in total. The van der Waals surface area contributed by atoms with Crippen LogP contribution >= 0.6 is 7.74 Å². The summed E-state index contributed by atoms with van der Waals surface area (Å²) in [7, 11) is -7.64. The first-order chi connectivity index (χ1) is 15.7. The van der Waals surface area contributed by atoms with Crippen molar-refractivity contribution in [3.05, 3.63) is 30.3 Å². The summed E-state index contributed by atoms with van der Waals surface area (Å²) in [5.41, 5.74) is -18.7. The van der Waals surface area contributed by atoms with Gasteiger partial charge in [-0.25, -0.2) is 0 Å². The van der Waals surface area contributed by atoms with E-state index in [4.69, 9.17) is 13.6 Å². The molecule has 0 bridgehead atoms. The predicted molar refractivity (Wildman–Crippen MR) is 96.2 cm³/mol. The number of hydrogen-bond acceptors (Lipinski definition) is 5. The van der Waals surface area contributed by atoms with Gasteiger partial charge in [-0.15, -0.1) is 0 Å². The van der Waals surface area contributed by atoms with E-state index in [1.54, 1.807) is 0 Å². The summed E-state index contributed by atoms with van der Waals surface area (Å²) in [4.78, 5) is 0. The summed E-state index contributed by atoms with van der Waals surface area (Å²) in [6.07, 6.45) is -29.8. The molecule has 0 saturated carbocycles. The molecular formula is C18H17F12O5P. The van der Waals surface area contributed by atoms with Gasteiger partial charge in [-0.1, -0.05) is 0 Å². The Bertz CT molecular complexity index is 925. The first-order valence-corrected chi connectivity index (χ1v) is 11.4. The quantitative estimate of drug-likeness (QED) is 0.270. The van der Waals surface area contributed by atoms with Crippen LogP contribution in [0, 0.1) is 0 Å². The van der Waals surface area contributed by atoms with Crippen molar-refractivity contribution in [2.24, 2.45) is 0 Å². The van der Waals surface area contributed by atoms with Crippen LogP contribution in [0.2, 0.25) is 0 Å². The van der Waals surface area contributed by atoms with Crippen molar-refractivity contribution in [2.45, 2.75) is 74.8 Å². The van der Waals surface area contributed by atoms with E-state index in [0.717, 1.165) is 52.0 Å². The van der Waals surface area contributed by atoms with Crippen LogP contribution in [0.4, 0.5) is 52.7 Å². The summed E-state index contributed by atoms with van der Waals surface area (Å²) in [5.74, 6) is -0.873. The van der Waals surface area contributed by atoms with Gasteiger partial charge in [-0.3, -0.25) is 0 Å². The fraction of sp³-hybridized carbons (Fsp3) is 0.667. The van der Waals surface area contributed by atoms with E-state index in [0.29, 0.717) is 0 Å². The van der Waals surface area contributed by atoms with E-state index in [1.165, 1.54) is 6.07 Å². The zero-order valence-electron chi connectivity index (χ0n) is 18.4. The van der Waals surface area contributed by atoms with Crippen LogP contribution in [-0.4, -0.2) is 47.1 Å². The topological polar surface area (TPSA) is 46.2 Å². The summed E-state index contributed by atoms with van der Waals surface area (Å²) in [5, 5.41) is 0. The van der Waals surface area contributed by atoms with Gasteiger partial charge >= 0.3 is 194 Å². The Morgan fingerprint density at radius 1 is 0.556 bits per heavy atom. The average molecular weight is 572 g/mol. The maximum atomic E-state index is 14.1. The number of halogens is 12. The van der Waals surface area contributed by atoms with Crippen LogP contribution in [0.3, 0.4) is 0 Å². The van der Waals surface area contributed by atoms with Crippen LogP contribution in [0.15, 0.2) is 30.3 Å². The van der Waals surface area contributed by atoms with Crippen molar-refractivity contribution < 1.29 is 75.3 Å². The minimum absolute atomic E-state index is 0.781. The molecule has 0 atom stereocenters. The third kappa shape index (κ3) is 3.60. The molecule has 0 aliphatic carbocycles. The van der Waals surface area contributed by atoms with Crippen LogP contribution in [0.5, 0.6) is 5.75 Å². The van der Waals surface area contributed by atoms with Crippen molar-refractivity contribution in [3.8, 4) is 5.75 Å². The van der Waals surface area contributed by atoms with Gasteiger partial charge in [0, 0.05) is 0 Å². The zero-order valence-corrected chi connectivity index (χ0v) is 19.3. The molecule has 2 heterocycles. The normalized spacial score (nSPS) is 27.4. The molecule has 1 aromatic carbocycles. The second kappa shape index (κ2) is 7.30. The molecule has 2 aliphatic heterocycles. The third-order valence-corrected chi connectivity index (χ3v) is 9.03. The van der Waals surface area contributed by atoms with E-state index in [2.05, 4.69) is 9.05 Å². The molecule has 0 unspecified atom stereocenters. The Morgan fingerprint density at radius 3 is 1.14 bits per heavy atom. The van der Waals surface area contributed by atoms with Gasteiger partial charge in [0.2, 0.25) is 0 Å².